The zero-order chi connectivity index (χ0) is 14.2. The lowest BCUT2D eigenvalue weighted by Crippen LogP contribution is -2.23. The van der Waals surface area contributed by atoms with E-state index in [2.05, 4.69) is 17.4 Å². The Kier molecular flexibility index (Phi) is 4.95. The van der Waals surface area contributed by atoms with Crippen molar-refractivity contribution in [3.63, 3.8) is 0 Å². The third kappa shape index (κ3) is 4.61. The Morgan fingerprint density at radius 2 is 1.90 bits per heavy atom. The van der Waals surface area contributed by atoms with Crippen molar-refractivity contribution < 1.29 is 4.79 Å². The molecular formula is C17H18N2O. The first-order chi connectivity index (χ1) is 9.74. The molecule has 0 bridgehead atoms. The van der Waals surface area contributed by atoms with Gasteiger partial charge in [-0.15, -0.1) is 0 Å². The second kappa shape index (κ2) is 7.14. The minimum absolute atomic E-state index is 0.0941. The Bertz CT molecular complexity index is 591. The van der Waals surface area contributed by atoms with E-state index in [1.54, 1.807) is 6.08 Å². The summed E-state index contributed by atoms with van der Waals surface area (Å²) >= 11 is 0. The van der Waals surface area contributed by atoms with Crippen LogP contribution in [0.15, 0.2) is 60.7 Å². The van der Waals surface area contributed by atoms with E-state index in [9.17, 15) is 4.79 Å². The van der Waals surface area contributed by atoms with Crippen molar-refractivity contribution in [3.8, 4) is 0 Å². The van der Waals surface area contributed by atoms with Crippen LogP contribution < -0.4 is 11.1 Å². The van der Waals surface area contributed by atoms with E-state index in [0.29, 0.717) is 12.2 Å². The van der Waals surface area contributed by atoms with Crippen LogP contribution in [0.1, 0.15) is 11.1 Å². The standard InChI is InChI=1S/C17H18N2O/c18-16-8-4-7-15(13-16)9-10-17(20)19-12-11-14-5-2-1-3-6-14/h1-10,13H,11-12,18H2,(H,19,20)/b10-9+. The normalized spacial score (nSPS) is 10.6. The predicted octanol–water partition coefficient (Wildman–Crippen LogP) is 2.64. The molecule has 0 heterocycles. The number of carbonyl (C=O) groups is 1. The number of hydrogen-bond acceptors (Lipinski definition) is 2. The van der Waals surface area contributed by atoms with Crippen molar-refractivity contribution in [1.82, 2.24) is 5.32 Å². The highest BCUT2D eigenvalue weighted by Crippen LogP contribution is 2.07. The molecule has 0 spiro atoms. The van der Waals surface area contributed by atoms with Crippen molar-refractivity contribution >= 4 is 17.7 Å². The smallest absolute Gasteiger partial charge is 0.244 e. The molecule has 102 valence electrons. The molecule has 0 saturated heterocycles. The van der Waals surface area contributed by atoms with Gasteiger partial charge in [-0.2, -0.15) is 0 Å². The van der Waals surface area contributed by atoms with Gasteiger partial charge in [-0.25, -0.2) is 0 Å². The van der Waals surface area contributed by atoms with Gasteiger partial charge in [0.1, 0.15) is 0 Å². The number of anilines is 1. The van der Waals surface area contributed by atoms with Crippen LogP contribution in [0.2, 0.25) is 0 Å². The third-order valence-electron chi connectivity index (χ3n) is 2.89. The minimum atomic E-state index is -0.0941. The van der Waals surface area contributed by atoms with Crippen LogP contribution in [0.4, 0.5) is 5.69 Å². The Hall–Kier alpha value is -2.55. The van der Waals surface area contributed by atoms with Crippen LogP contribution in [0.3, 0.4) is 0 Å². The van der Waals surface area contributed by atoms with Crippen molar-refractivity contribution in [3.05, 3.63) is 71.8 Å². The van der Waals surface area contributed by atoms with E-state index in [0.717, 1.165) is 12.0 Å². The van der Waals surface area contributed by atoms with Crippen LogP contribution in [-0.4, -0.2) is 12.5 Å². The monoisotopic (exact) mass is 266 g/mol. The molecule has 3 N–H and O–H groups in total. The van der Waals surface area contributed by atoms with Crippen LogP contribution in [0, 0.1) is 0 Å². The fourth-order valence-corrected chi connectivity index (χ4v) is 1.87. The first-order valence-electron chi connectivity index (χ1n) is 6.59. The molecular weight excluding hydrogens is 248 g/mol. The maximum atomic E-state index is 11.7. The first kappa shape index (κ1) is 13.9. The summed E-state index contributed by atoms with van der Waals surface area (Å²) in [5.41, 5.74) is 8.50. The molecule has 2 rings (SSSR count). The number of rotatable bonds is 5. The summed E-state index contributed by atoms with van der Waals surface area (Å²) in [6, 6.07) is 17.5. The summed E-state index contributed by atoms with van der Waals surface area (Å²) < 4.78 is 0. The molecule has 2 aromatic carbocycles. The number of nitrogen functional groups attached to an aromatic ring is 1. The Labute approximate surface area is 119 Å². The van der Waals surface area contributed by atoms with Gasteiger partial charge >= 0.3 is 0 Å². The maximum absolute atomic E-state index is 11.7. The lowest BCUT2D eigenvalue weighted by Gasteiger charge is -2.02. The predicted molar refractivity (Wildman–Crippen MR) is 83.0 cm³/mol. The summed E-state index contributed by atoms with van der Waals surface area (Å²) in [4.78, 5) is 11.7. The van der Waals surface area contributed by atoms with Crippen molar-refractivity contribution in [2.75, 3.05) is 12.3 Å². The van der Waals surface area contributed by atoms with Crippen molar-refractivity contribution in [2.24, 2.45) is 0 Å². The van der Waals surface area contributed by atoms with Gasteiger partial charge in [-0.05, 0) is 35.8 Å². The fraction of sp³-hybridized carbons (Fsp3) is 0.118. The average Bonchev–Trinajstić information content (AvgIpc) is 2.46. The number of hydrogen-bond donors (Lipinski definition) is 2. The van der Waals surface area contributed by atoms with Gasteiger partial charge in [0, 0.05) is 18.3 Å². The molecule has 0 aliphatic rings. The zero-order valence-electron chi connectivity index (χ0n) is 11.3. The molecule has 0 unspecified atom stereocenters. The Balaban J connectivity index is 1.78. The fourth-order valence-electron chi connectivity index (χ4n) is 1.87. The second-order valence-electron chi connectivity index (χ2n) is 4.53. The molecule has 0 aliphatic heterocycles. The van der Waals surface area contributed by atoms with Gasteiger partial charge in [0.25, 0.3) is 0 Å². The molecule has 1 amide bonds. The minimum Gasteiger partial charge on any atom is -0.399 e. The summed E-state index contributed by atoms with van der Waals surface area (Å²) in [5, 5.41) is 2.86. The molecule has 0 saturated carbocycles. The van der Waals surface area contributed by atoms with E-state index < -0.39 is 0 Å². The molecule has 3 nitrogen and oxygen atoms in total. The van der Waals surface area contributed by atoms with Crippen LogP contribution in [0.25, 0.3) is 6.08 Å². The van der Waals surface area contributed by atoms with Crippen LogP contribution >= 0.6 is 0 Å². The average molecular weight is 266 g/mol. The van der Waals surface area contributed by atoms with E-state index in [-0.39, 0.29) is 5.91 Å². The topological polar surface area (TPSA) is 55.1 Å². The molecule has 0 aliphatic carbocycles. The van der Waals surface area contributed by atoms with E-state index in [1.807, 2.05) is 42.5 Å². The first-order valence-corrected chi connectivity index (χ1v) is 6.59. The van der Waals surface area contributed by atoms with E-state index >= 15 is 0 Å². The number of carbonyl (C=O) groups excluding carboxylic acids is 1. The van der Waals surface area contributed by atoms with Crippen molar-refractivity contribution in [2.45, 2.75) is 6.42 Å². The SMILES string of the molecule is Nc1cccc(/C=C/C(=O)NCCc2ccccc2)c1. The van der Waals surface area contributed by atoms with Gasteiger partial charge in [0.2, 0.25) is 5.91 Å². The lowest BCUT2D eigenvalue weighted by molar-refractivity contribution is -0.116. The highest BCUT2D eigenvalue weighted by Gasteiger charge is 1.96. The van der Waals surface area contributed by atoms with Gasteiger partial charge in [-0.1, -0.05) is 42.5 Å². The van der Waals surface area contributed by atoms with E-state index in [4.69, 9.17) is 5.73 Å². The molecule has 2 aromatic rings. The molecule has 0 radical (unpaired) electrons. The number of benzene rings is 2. The Morgan fingerprint density at radius 1 is 1.10 bits per heavy atom. The van der Waals surface area contributed by atoms with Gasteiger partial charge in [-0.3, -0.25) is 4.79 Å². The van der Waals surface area contributed by atoms with E-state index in [1.165, 1.54) is 11.6 Å². The quantitative estimate of drug-likeness (QED) is 0.645. The molecule has 0 fully saturated rings. The Morgan fingerprint density at radius 3 is 2.65 bits per heavy atom. The molecule has 20 heavy (non-hydrogen) atoms. The second-order valence-corrected chi connectivity index (χ2v) is 4.53. The van der Waals surface area contributed by atoms with Crippen LogP contribution in [-0.2, 0) is 11.2 Å². The van der Waals surface area contributed by atoms with Gasteiger partial charge in [0.05, 0.1) is 0 Å². The highest BCUT2D eigenvalue weighted by molar-refractivity contribution is 5.91. The van der Waals surface area contributed by atoms with Gasteiger partial charge < -0.3 is 11.1 Å². The molecule has 0 atom stereocenters. The number of nitrogens with one attached hydrogen (secondary N) is 1. The summed E-state index contributed by atoms with van der Waals surface area (Å²) in [6.45, 7) is 0.629. The largest absolute Gasteiger partial charge is 0.399 e. The summed E-state index contributed by atoms with van der Waals surface area (Å²) in [6.07, 6.45) is 4.12. The summed E-state index contributed by atoms with van der Waals surface area (Å²) in [5.74, 6) is -0.0941. The lowest BCUT2D eigenvalue weighted by atomic mass is 10.1. The van der Waals surface area contributed by atoms with Crippen molar-refractivity contribution in [1.29, 1.82) is 0 Å². The van der Waals surface area contributed by atoms with Gasteiger partial charge in [0.15, 0.2) is 0 Å². The maximum Gasteiger partial charge on any atom is 0.244 e. The summed E-state index contributed by atoms with van der Waals surface area (Å²) in [7, 11) is 0. The zero-order valence-corrected chi connectivity index (χ0v) is 11.3. The number of nitrogens with two attached hydrogens (primary N) is 1. The third-order valence-corrected chi connectivity index (χ3v) is 2.89. The number of amides is 1. The molecule has 0 aromatic heterocycles. The highest BCUT2D eigenvalue weighted by atomic mass is 16.1. The molecule has 3 heteroatoms. The van der Waals surface area contributed by atoms with Crippen LogP contribution in [0.5, 0.6) is 0 Å².